The second kappa shape index (κ2) is 5.47. The monoisotopic (exact) mass is 279 g/mol. The van der Waals surface area contributed by atoms with Crippen LogP contribution < -0.4 is 0 Å². The maximum absolute atomic E-state index is 6.02. The van der Waals surface area contributed by atoms with Crippen molar-refractivity contribution >= 4 is 22.8 Å². The van der Waals surface area contributed by atoms with Gasteiger partial charge in [0.05, 0.1) is 12.5 Å². The fourth-order valence-corrected chi connectivity index (χ4v) is 2.87. The van der Waals surface area contributed by atoms with E-state index in [1.165, 1.54) is 6.42 Å². The molecule has 1 unspecified atom stereocenters. The van der Waals surface area contributed by atoms with Crippen LogP contribution in [0.15, 0.2) is 12.3 Å². The lowest BCUT2D eigenvalue weighted by molar-refractivity contribution is 0.0485. The highest BCUT2D eigenvalue weighted by Crippen LogP contribution is 2.22. The van der Waals surface area contributed by atoms with Crippen LogP contribution in [0, 0.1) is 12.8 Å². The molecule has 3 rings (SSSR count). The van der Waals surface area contributed by atoms with E-state index in [-0.39, 0.29) is 0 Å². The number of hydrogen-bond acceptors (Lipinski definition) is 3. The van der Waals surface area contributed by atoms with Crippen LogP contribution in [0.1, 0.15) is 24.2 Å². The highest BCUT2D eigenvalue weighted by Gasteiger charge is 2.18. The fraction of sp³-hybridized carbons (Fsp3) is 0.571. The molecule has 4 nitrogen and oxygen atoms in total. The smallest absolute Gasteiger partial charge is 0.160 e. The van der Waals surface area contributed by atoms with Gasteiger partial charge < -0.3 is 9.30 Å². The van der Waals surface area contributed by atoms with Crippen molar-refractivity contribution in [3.8, 4) is 0 Å². The second-order valence-corrected chi connectivity index (χ2v) is 5.48. The number of alkyl halides is 1. The van der Waals surface area contributed by atoms with Gasteiger partial charge in [-0.3, -0.25) is 0 Å². The van der Waals surface area contributed by atoms with Gasteiger partial charge in [-0.25, -0.2) is 9.97 Å². The van der Waals surface area contributed by atoms with Crippen molar-refractivity contribution < 1.29 is 4.74 Å². The van der Waals surface area contributed by atoms with Gasteiger partial charge in [0.2, 0.25) is 0 Å². The Morgan fingerprint density at radius 3 is 3.16 bits per heavy atom. The number of rotatable bonds is 3. The van der Waals surface area contributed by atoms with Crippen LogP contribution in [-0.2, 0) is 17.2 Å². The van der Waals surface area contributed by atoms with E-state index in [1.54, 1.807) is 0 Å². The third-order valence-corrected chi connectivity index (χ3v) is 3.85. The van der Waals surface area contributed by atoms with Crippen LogP contribution in [0.2, 0.25) is 0 Å². The number of hydrogen-bond donors (Lipinski definition) is 0. The Balaban J connectivity index is 1.95. The Kier molecular flexibility index (Phi) is 3.71. The Morgan fingerprint density at radius 1 is 1.53 bits per heavy atom. The number of aryl methyl sites for hydroxylation is 1. The first kappa shape index (κ1) is 12.9. The molecule has 1 saturated heterocycles. The summed E-state index contributed by atoms with van der Waals surface area (Å²) in [6, 6.07) is 2.06. The minimum atomic E-state index is 0.420. The summed E-state index contributed by atoms with van der Waals surface area (Å²) in [5.74, 6) is 1.86. The standard InChI is InChI=1S/C14H18ClN3O/c1-10-5-12-14(16-7-10)18(13(6-15)17-12)8-11-3-2-4-19-9-11/h5,7,11H,2-4,6,8-9H2,1H3. The lowest BCUT2D eigenvalue weighted by Gasteiger charge is -2.23. The number of halogens is 1. The molecule has 1 atom stereocenters. The van der Waals surface area contributed by atoms with Crippen molar-refractivity contribution in [2.75, 3.05) is 13.2 Å². The second-order valence-electron chi connectivity index (χ2n) is 5.21. The molecule has 19 heavy (non-hydrogen) atoms. The van der Waals surface area contributed by atoms with Crippen molar-refractivity contribution in [3.63, 3.8) is 0 Å². The van der Waals surface area contributed by atoms with Crippen LogP contribution in [-0.4, -0.2) is 27.7 Å². The number of fused-ring (bicyclic) bond motifs is 1. The molecule has 2 aromatic rings. The summed E-state index contributed by atoms with van der Waals surface area (Å²) >= 11 is 6.02. The number of nitrogens with zero attached hydrogens (tertiary/aromatic N) is 3. The van der Waals surface area contributed by atoms with Crippen molar-refractivity contribution in [1.82, 2.24) is 14.5 Å². The number of pyridine rings is 1. The van der Waals surface area contributed by atoms with Gasteiger partial charge in [0, 0.05) is 25.3 Å². The van der Waals surface area contributed by atoms with E-state index in [0.29, 0.717) is 11.8 Å². The summed E-state index contributed by atoms with van der Waals surface area (Å²) in [6.45, 7) is 4.64. The van der Waals surface area contributed by atoms with E-state index in [9.17, 15) is 0 Å². The maximum atomic E-state index is 6.02. The molecule has 0 spiro atoms. The number of aromatic nitrogens is 3. The Morgan fingerprint density at radius 2 is 2.42 bits per heavy atom. The van der Waals surface area contributed by atoms with E-state index in [1.807, 2.05) is 13.1 Å². The molecule has 0 aromatic carbocycles. The van der Waals surface area contributed by atoms with Gasteiger partial charge in [0.15, 0.2) is 5.65 Å². The molecular weight excluding hydrogens is 262 g/mol. The lowest BCUT2D eigenvalue weighted by atomic mass is 10.0. The predicted molar refractivity (Wildman–Crippen MR) is 75.4 cm³/mol. The molecule has 1 aliphatic heterocycles. The first-order valence-corrected chi connectivity index (χ1v) is 7.27. The topological polar surface area (TPSA) is 39.9 Å². The van der Waals surface area contributed by atoms with Gasteiger partial charge in [0.25, 0.3) is 0 Å². The van der Waals surface area contributed by atoms with Crippen LogP contribution >= 0.6 is 11.6 Å². The zero-order chi connectivity index (χ0) is 13.2. The highest BCUT2D eigenvalue weighted by molar-refractivity contribution is 6.16. The average molecular weight is 280 g/mol. The summed E-state index contributed by atoms with van der Waals surface area (Å²) in [7, 11) is 0. The molecule has 0 saturated carbocycles. The molecule has 0 N–H and O–H groups in total. The molecule has 1 fully saturated rings. The molecule has 2 aromatic heterocycles. The maximum Gasteiger partial charge on any atom is 0.160 e. The lowest BCUT2D eigenvalue weighted by Crippen LogP contribution is -2.23. The van der Waals surface area contributed by atoms with Gasteiger partial charge in [-0.15, -0.1) is 11.6 Å². The molecule has 102 valence electrons. The highest BCUT2D eigenvalue weighted by atomic mass is 35.5. The molecule has 3 heterocycles. The van der Waals surface area contributed by atoms with Gasteiger partial charge in [-0.1, -0.05) is 0 Å². The van der Waals surface area contributed by atoms with Gasteiger partial charge in [0.1, 0.15) is 11.3 Å². The van der Waals surface area contributed by atoms with Crippen molar-refractivity contribution in [2.24, 2.45) is 5.92 Å². The van der Waals surface area contributed by atoms with E-state index < -0.39 is 0 Å². The van der Waals surface area contributed by atoms with Crippen molar-refractivity contribution in [1.29, 1.82) is 0 Å². The number of imidazole rings is 1. The third kappa shape index (κ3) is 2.60. The number of ether oxygens (including phenoxy) is 1. The Bertz CT molecular complexity index is 575. The van der Waals surface area contributed by atoms with Gasteiger partial charge in [-0.2, -0.15) is 0 Å². The molecule has 0 amide bonds. The van der Waals surface area contributed by atoms with E-state index in [4.69, 9.17) is 16.3 Å². The van der Waals surface area contributed by atoms with Crippen LogP contribution in [0.5, 0.6) is 0 Å². The predicted octanol–water partition coefficient (Wildman–Crippen LogP) is 2.91. The fourth-order valence-electron chi connectivity index (χ4n) is 2.66. The molecule has 0 aliphatic carbocycles. The Hall–Kier alpha value is -1.13. The molecule has 5 heteroatoms. The minimum Gasteiger partial charge on any atom is -0.381 e. The Labute approximate surface area is 117 Å². The zero-order valence-corrected chi connectivity index (χ0v) is 11.9. The van der Waals surface area contributed by atoms with E-state index in [0.717, 1.165) is 48.7 Å². The average Bonchev–Trinajstić information content (AvgIpc) is 2.77. The third-order valence-electron chi connectivity index (χ3n) is 3.62. The summed E-state index contributed by atoms with van der Waals surface area (Å²) in [6.07, 6.45) is 4.23. The largest absolute Gasteiger partial charge is 0.381 e. The summed E-state index contributed by atoms with van der Waals surface area (Å²) < 4.78 is 7.70. The quantitative estimate of drug-likeness (QED) is 0.811. The van der Waals surface area contributed by atoms with E-state index >= 15 is 0 Å². The summed E-state index contributed by atoms with van der Waals surface area (Å²) in [4.78, 5) is 9.10. The normalized spacial score (nSPS) is 20.0. The van der Waals surface area contributed by atoms with Crippen LogP contribution in [0.4, 0.5) is 0 Å². The zero-order valence-electron chi connectivity index (χ0n) is 11.1. The van der Waals surface area contributed by atoms with Crippen LogP contribution in [0.3, 0.4) is 0 Å². The molecular formula is C14H18ClN3O. The first-order chi connectivity index (χ1) is 9.28. The molecule has 1 aliphatic rings. The van der Waals surface area contributed by atoms with Crippen molar-refractivity contribution in [3.05, 3.63) is 23.7 Å². The van der Waals surface area contributed by atoms with E-state index in [2.05, 4.69) is 20.6 Å². The summed E-state index contributed by atoms with van der Waals surface area (Å²) in [5.41, 5.74) is 3.00. The van der Waals surface area contributed by atoms with Crippen LogP contribution in [0.25, 0.3) is 11.2 Å². The molecule has 0 radical (unpaired) electrons. The minimum absolute atomic E-state index is 0.420. The first-order valence-electron chi connectivity index (χ1n) is 6.73. The van der Waals surface area contributed by atoms with Gasteiger partial charge in [-0.05, 0) is 31.4 Å². The van der Waals surface area contributed by atoms with Gasteiger partial charge >= 0.3 is 0 Å². The molecule has 0 bridgehead atoms. The van der Waals surface area contributed by atoms with Crippen molar-refractivity contribution in [2.45, 2.75) is 32.2 Å². The summed E-state index contributed by atoms with van der Waals surface area (Å²) in [5, 5.41) is 0. The SMILES string of the molecule is Cc1cnc2c(c1)nc(CCl)n2CC1CCCOC1.